The van der Waals surface area contributed by atoms with Crippen molar-refractivity contribution in [1.82, 2.24) is 9.55 Å². The summed E-state index contributed by atoms with van der Waals surface area (Å²) in [4.78, 5) is 15.6. The summed E-state index contributed by atoms with van der Waals surface area (Å²) >= 11 is 0. The van der Waals surface area contributed by atoms with Crippen LogP contribution in [0.15, 0.2) is 30.5 Å². The first-order valence-corrected chi connectivity index (χ1v) is 6.60. The first-order chi connectivity index (χ1) is 9.69. The minimum absolute atomic E-state index is 0. The Kier molecular flexibility index (Phi) is 4.53. The van der Waals surface area contributed by atoms with Crippen molar-refractivity contribution in [1.29, 1.82) is 0 Å². The highest BCUT2D eigenvalue weighted by atomic mass is 35.5. The Morgan fingerprint density at radius 3 is 2.71 bits per heavy atom. The third-order valence-corrected chi connectivity index (χ3v) is 3.79. The quantitative estimate of drug-likeness (QED) is 0.946. The van der Waals surface area contributed by atoms with Crippen LogP contribution in [0, 0.1) is 5.92 Å². The number of fused-ring (bicyclic) bond motifs is 1. The fourth-order valence-corrected chi connectivity index (χ4v) is 2.62. The van der Waals surface area contributed by atoms with Crippen molar-refractivity contribution in [3.63, 3.8) is 0 Å². The Balaban J connectivity index is 0.00000161. The van der Waals surface area contributed by atoms with Crippen molar-refractivity contribution in [3.05, 3.63) is 36.2 Å². The number of imidazole rings is 1. The summed E-state index contributed by atoms with van der Waals surface area (Å²) in [5.74, 6) is 0.565. The molecule has 1 aromatic heterocycles. The van der Waals surface area contributed by atoms with Crippen LogP contribution in [0.1, 0.15) is 12.1 Å². The minimum atomic E-state index is -0.731. The molecule has 2 heterocycles. The standard InChI is InChI=1S/C15H16N2O3.ClH/c1-20-13-6-3-10(4-7-13)14-16-8-12-5-2-11(15(18)19)9-17(12)14;/h3-4,6-8,11H,2,5,9H2,1H3,(H,18,19);1H. The SMILES string of the molecule is COc1ccc(-c2ncc3n2CC(C(=O)O)CC3)cc1.Cl. The summed E-state index contributed by atoms with van der Waals surface area (Å²) in [6, 6.07) is 7.65. The average molecular weight is 309 g/mol. The predicted octanol–water partition coefficient (Wildman–Crippen LogP) is 2.63. The number of hydrogen-bond donors (Lipinski definition) is 1. The number of benzene rings is 1. The van der Waals surface area contributed by atoms with Gasteiger partial charge in [0.2, 0.25) is 0 Å². The number of carboxylic acid groups (broad SMARTS) is 1. The number of methoxy groups -OCH3 is 1. The lowest BCUT2D eigenvalue weighted by Gasteiger charge is -2.22. The summed E-state index contributed by atoms with van der Waals surface area (Å²) in [7, 11) is 1.63. The van der Waals surface area contributed by atoms with Crippen LogP contribution in [0.2, 0.25) is 0 Å². The van der Waals surface area contributed by atoms with Crippen LogP contribution in [-0.2, 0) is 17.8 Å². The van der Waals surface area contributed by atoms with Crippen LogP contribution in [-0.4, -0.2) is 27.7 Å². The zero-order valence-electron chi connectivity index (χ0n) is 11.7. The lowest BCUT2D eigenvalue weighted by molar-refractivity contribution is -0.142. The van der Waals surface area contributed by atoms with Gasteiger partial charge >= 0.3 is 5.97 Å². The van der Waals surface area contributed by atoms with E-state index >= 15 is 0 Å². The molecule has 0 saturated carbocycles. The van der Waals surface area contributed by atoms with Crippen molar-refractivity contribution in [2.75, 3.05) is 7.11 Å². The molecule has 1 aliphatic heterocycles. The van der Waals surface area contributed by atoms with E-state index in [1.165, 1.54) is 0 Å². The van der Waals surface area contributed by atoms with E-state index in [0.717, 1.165) is 29.3 Å². The molecule has 3 rings (SSSR count). The summed E-state index contributed by atoms with van der Waals surface area (Å²) in [5, 5.41) is 9.18. The Morgan fingerprint density at radius 2 is 2.10 bits per heavy atom. The van der Waals surface area contributed by atoms with E-state index in [1.807, 2.05) is 35.0 Å². The van der Waals surface area contributed by atoms with Crippen molar-refractivity contribution in [3.8, 4) is 17.1 Å². The molecule has 0 aliphatic carbocycles. The summed E-state index contributed by atoms with van der Waals surface area (Å²) in [5.41, 5.74) is 2.08. The zero-order chi connectivity index (χ0) is 14.1. The first-order valence-electron chi connectivity index (χ1n) is 6.60. The maximum Gasteiger partial charge on any atom is 0.308 e. The molecule has 2 aromatic rings. The maximum absolute atomic E-state index is 11.2. The molecule has 0 amide bonds. The van der Waals surface area contributed by atoms with Gasteiger partial charge in [0, 0.05) is 24.0 Å². The topological polar surface area (TPSA) is 64.4 Å². The highest BCUT2D eigenvalue weighted by Gasteiger charge is 2.26. The fourth-order valence-electron chi connectivity index (χ4n) is 2.62. The molecule has 1 aliphatic rings. The van der Waals surface area contributed by atoms with Crippen molar-refractivity contribution in [2.45, 2.75) is 19.4 Å². The van der Waals surface area contributed by atoms with Gasteiger partial charge in [-0.2, -0.15) is 0 Å². The van der Waals surface area contributed by atoms with Gasteiger partial charge < -0.3 is 14.4 Å². The van der Waals surface area contributed by atoms with Crippen LogP contribution in [0.5, 0.6) is 5.75 Å². The van der Waals surface area contributed by atoms with Gasteiger partial charge in [0.15, 0.2) is 0 Å². The number of nitrogens with zero attached hydrogens (tertiary/aromatic N) is 2. The van der Waals surface area contributed by atoms with Gasteiger partial charge in [-0.25, -0.2) is 4.98 Å². The van der Waals surface area contributed by atoms with Gasteiger partial charge in [0.25, 0.3) is 0 Å². The molecule has 5 nitrogen and oxygen atoms in total. The minimum Gasteiger partial charge on any atom is -0.497 e. The van der Waals surface area contributed by atoms with Crippen molar-refractivity contribution >= 4 is 18.4 Å². The Hall–Kier alpha value is -2.01. The normalized spacial score (nSPS) is 16.7. The molecular weight excluding hydrogens is 292 g/mol. The smallest absolute Gasteiger partial charge is 0.308 e. The third-order valence-electron chi connectivity index (χ3n) is 3.79. The number of hydrogen-bond acceptors (Lipinski definition) is 3. The van der Waals surface area contributed by atoms with E-state index in [2.05, 4.69) is 4.98 Å². The predicted molar refractivity (Wildman–Crippen MR) is 80.9 cm³/mol. The van der Waals surface area contributed by atoms with E-state index in [0.29, 0.717) is 13.0 Å². The molecular formula is C15H17ClN2O3. The van der Waals surface area contributed by atoms with Gasteiger partial charge in [0.1, 0.15) is 11.6 Å². The molecule has 0 spiro atoms. The molecule has 0 fully saturated rings. The molecule has 21 heavy (non-hydrogen) atoms. The van der Waals surface area contributed by atoms with E-state index in [4.69, 9.17) is 4.74 Å². The van der Waals surface area contributed by atoms with Crippen molar-refractivity contribution in [2.24, 2.45) is 5.92 Å². The van der Waals surface area contributed by atoms with E-state index in [9.17, 15) is 9.90 Å². The van der Waals surface area contributed by atoms with E-state index in [-0.39, 0.29) is 18.3 Å². The molecule has 0 radical (unpaired) electrons. The maximum atomic E-state index is 11.2. The lowest BCUT2D eigenvalue weighted by atomic mass is 9.98. The number of carbonyl (C=O) groups is 1. The molecule has 1 N–H and O–H groups in total. The van der Waals surface area contributed by atoms with E-state index < -0.39 is 5.97 Å². The zero-order valence-corrected chi connectivity index (χ0v) is 12.5. The molecule has 0 saturated heterocycles. The number of aliphatic carboxylic acids is 1. The molecule has 1 aromatic carbocycles. The molecule has 1 unspecified atom stereocenters. The Bertz CT molecular complexity index is 637. The third kappa shape index (κ3) is 2.88. The van der Waals surface area contributed by atoms with Gasteiger partial charge in [-0.1, -0.05) is 0 Å². The lowest BCUT2D eigenvalue weighted by Crippen LogP contribution is -2.26. The largest absolute Gasteiger partial charge is 0.497 e. The molecule has 6 heteroatoms. The molecule has 0 bridgehead atoms. The second-order valence-corrected chi connectivity index (χ2v) is 4.99. The number of rotatable bonds is 3. The van der Waals surface area contributed by atoms with Crippen LogP contribution >= 0.6 is 12.4 Å². The van der Waals surface area contributed by atoms with Gasteiger partial charge in [0.05, 0.1) is 13.0 Å². The van der Waals surface area contributed by atoms with Crippen LogP contribution < -0.4 is 4.74 Å². The Labute approximate surface area is 129 Å². The summed E-state index contributed by atoms with van der Waals surface area (Å²) in [6.07, 6.45) is 3.29. The number of aromatic nitrogens is 2. The molecule has 112 valence electrons. The second-order valence-electron chi connectivity index (χ2n) is 4.99. The first kappa shape index (κ1) is 15.4. The van der Waals surface area contributed by atoms with Crippen LogP contribution in [0.25, 0.3) is 11.4 Å². The van der Waals surface area contributed by atoms with Gasteiger partial charge in [-0.3, -0.25) is 4.79 Å². The van der Waals surface area contributed by atoms with Crippen molar-refractivity contribution < 1.29 is 14.6 Å². The fraction of sp³-hybridized carbons (Fsp3) is 0.333. The number of aryl methyl sites for hydroxylation is 1. The van der Waals surface area contributed by atoms with Gasteiger partial charge in [-0.05, 0) is 37.1 Å². The Morgan fingerprint density at radius 1 is 1.38 bits per heavy atom. The highest BCUT2D eigenvalue weighted by molar-refractivity contribution is 5.85. The summed E-state index contributed by atoms with van der Waals surface area (Å²) in [6.45, 7) is 0.492. The van der Waals surface area contributed by atoms with Crippen LogP contribution in [0.4, 0.5) is 0 Å². The summed E-state index contributed by atoms with van der Waals surface area (Å²) < 4.78 is 7.16. The molecule has 1 atom stereocenters. The monoisotopic (exact) mass is 308 g/mol. The van der Waals surface area contributed by atoms with Crippen LogP contribution in [0.3, 0.4) is 0 Å². The number of halogens is 1. The number of ether oxygens (including phenoxy) is 1. The number of carboxylic acids is 1. The highest BCUT2D eigenvalue weighted by Crippen LogP contribution is 2.28. The van der Waals surface area contributed by atoms with Gasteiger partial charge in [-0.15, -0.1) is 12.4 Å². The second kappa shape index (κ2) is 6.18. The average Bonchev–Trinajstić information content (AvgIpc) is 2.90. The van der Waals surface area contributed by atoms with E-state index in [1.54, 1.807) is 7.11 Å².